The molecule has 0 saturated heterocycles. The lowest BCUT2D eigenvalue weighted by atomic mass is 9.86. The Balaban J connectivity index is 1.64. The molecule has 7 nitrogen and oxygen atoms in total. The first kappa shape index (κ1) is 24.6. The maximum atomic E-state index is 13.9. The second kappa shape index (κ2) is 9.73. The van der Waals surface area contributed by atoms with Gasteiger partial charge in [-0.2, -0.15) is 0 Å². The minimum atomic E-state index is -0.695. The molecule has 1 atom stereocenters. The third-order valence-corrected chi connectivity index (χ3v) is 6.96. The number of phenols is 1. The molecule has 1 aliphatic heterocycles. The highest BCUT2D eigenvalue weighted by atomic mass is 16.5. The number of carbonyl (C=O) groups excluding carboxylic acids is 1. The van der Waals surface area contributed by atoms with Gasteiger partial charge >= 0.3 is 5.97 Å². The maximum Gasteiger partial charge on any atom is 0.312 e. The van der Waals surface area contributed by atoms with Crippen LogP contribution >= 0.6 is 0 Å². The van der Waals surface area contributed by atoms with Gasteiger partial charge in [0.05, 0.1) is 17.5 Å². The number of esters is 1. The van der Waals surface area contributed by atoms with Gasteiger partial charge in [-0.3, -0.25) is 14.4 Å². The number of aromatic nitrogens is 2. The number of rotatable bonds is 6. The Kier molecular flexibility index (Phi) is 6.46. The molecule has 0 radical (unpaired) electrons. The molecule has 7 heteroatoms. The fourth-order valence-electron chi connectivity index (χ4n) is 5.19. The molecule has 0 saturated carbocycles. The molecule has 37 heavy (non-hydrogen) atoms. The minimum absolute atomic E-state index is 0.0709. The van der Waals surface area contributed by atoms with E-state index < -0.39 is 11.9 Å². The zero-order valence-corrected chi connectivity index (χ0v) is 21.2. The highest BCUT2D eigenvalue weighted by Crippen LogP contribution is 2.36. The summed E-state index contributed by atoms with van der Waals surface area (Å²) in [7, 11) is 0. The van der Waals surface area contributed by atoms with Crippen molar-refractivity contribution in [2.75, 3.05) is 0 Å². The van der Waals surface area contributed by atoms with E-state index in [1.807, 2.05) is 49.4 Å². The van der Waals surface area contributed by atoms with Crippen LogP contribution in [-0.4, -0.2) is 20.2 Å². The number of nitrogens with zero attached hydrogens (tertiary/aromatic N) is 2. The van der Waals surface area contributed by atoms with Gasteiger partial charge in [0, 0.05) is 36.3 Å². The smallest absolute Gasteiger partial charge is 0.312 e. The summed E-state index contributed by atoms with van der Waals surface area (Å²) in [6, 6.07) is 18.1. The highest BCUT2D eigenvalue weighted by Gasteiger charge is 2.34. The predicted molar refractivity (Wildman–Crippen MR) is 142 cm³/mol. The van der Waals surface area contributed by atoms with Gasteiger partial charge in [0.1, 0.15) is 11.5 Å². The number of fused-ring (bicyclic) bond motifs is 2. The average Bonchev–Trinajstić information content (AvgIpc) is 2.85. The number of ether oxygens (including phenoxy) is 1. The van der Waals surface area contributed by atoms with E-state index in [0.717, 1.165) is 16.5 Å². The summed E-state index contributed by atoms with van der Waals surface area (Å²) >= 11 is 0. The van der Waals surface area contributed by atoms with Gasteiger partial charge in [0.25, 0.3) is 11.1 Å². The zero-order chi connectivity index (χ0) is 26.3. The Morgan fingerprint density at radius 1 is 0.973 bits per heavy atom. The van der Waals surface area contributed by atoms with Crippen LogP contribution in [0, 0.1) is 12.8 Å². The molecule has 190 valence electrons. The maximum absolute atomic E-state index is 13.9. The van der Waals surface area contributed by atoms with Crippen LogP contribution in [0.25, 0.3) is 10.9 Å². The van der Waals surface area contributed by atoms with E-state index in [1.54, 1.807) is 27.3 Å². The van der Waals surface area contributed by atoms with Gasteiger partial charge in [0.15, 0.2) is 0 Å². The van der Waals surface area contributed by atoms with Crippen LogP contribution in [0.3, 0.4) is 0 Å². The summed E-state index contributed by atoms with van der Waals surface area (Å²) in [6.45, 7) is 6.86. The lowest BCUT2D eigenvalue weighted by Crippen LogP contribution is -2.36. The van der Waals surface area contributed by atoms with Crippen LogP contribution in [0.1, 0.15) is 48.6 Å². The number of carbonyl (C=O) groups is 1. The van der Waals surface area contributed by atoms with Crippen LogP contribution in [0.2, 0.25) is 0 Å². The van der Waals surface area contributed by atoms with Crippen molar-refractivity contribution in [1.29, 1.82) is 0 Å². The van der Waals surface area contributed by atoms with Crippen molar-refractivity contribution in [2.45, 2.75) is 52.6 Å². The van der Waals surface area contributed by atoms with E-state index in [0.29, 0.717) is 36.3 Å². The summed E-state index contributed by atoms with van der Waals surface area (Å²) in [5.41, 5.74) is 2.83. The Bertz CT molecular complexity index is 1610. The highest BCUT2D eigenvalue weighted by molar-refractivity contribution is 5.81. The van der Waals surface area contributed by atoms with Crippen molar-refractivity contribution in [2.24, 2.45) is 5.92 Å². The lowest BCUT2D eigenvalue weighted by molar-refractivity contribution is -0.135. The van der Waals surface area contributed by atoms with Gasteiger partial charge in [-0.1, -0.05) is 44.2 Å². The Morgan fingerprint density at radius 2 is 1.70 bits per heavy atom. The predicted octanol–water partition coefficient (Wildman–Crippen LogP) is 4.52. The number of hydrogen-bond donors (Lipinski definition) is 1. The second-order valence-corrected chi connectivity index (χ2v) is 10.1. The van der Waals surface area contributed by atoms with E-state index in [2.05, 4.69) is 13.8 Å². The Morgan fingerprint density at radius 3 is 2.43 bits per heavy atom. The van der Waals surface area contributed by atoms with Crippen molar-refractivity contribution in [3.05, 3.63) is 104 Å². The molecule has 1 N–H and O–H groups in total. The number of aryl methyl sites for hydroxylation is 2. The third kappa shape index (κ3) is 4.69. The number of benzene rings is 2. The van der Waals surface area contributed by atoms with Crippen LogP contribution in [0.4, 0.5) is 0 Å². The van der Waals surface area contributed by atoms with Crippen LogP contribution in [0.5, 0.6) is 11.5 Å². The number of para-hydroxylation sites is 1. The lowest BCUT2D eigenvalue weighted by Gasteiger charge is -2.26. The fourth-order valence-corrected chi connectivity index (χ4v) is 5.19. The molecule has 1 unspecified atom stereocenters. The Labute approximate surface area is 214 Å². The largest absolute Gasteiger partial charge is 0.508 e. The molecule has 1 aliphatic rings. The van der Waals surface area contributed by atoms with E-state index in [9.17, 15) is 19.5 Å². The van der Waals surface area contributed by atoms with Crippen molar-refractivity contribution >= 4 is 16.9 Å². The summed E-state index contributed by atoms with van der Waals surface area (Å²) in [5, 5.41) is 10.4. The number of pyridine rings is 2. The molecule has 0 aliphatic carbocycles. The SMILES string of the molecule is Cc1cc2c(c(=O)n1CCc1ccc(O)cc1)C(c1cc3ccccc3n(CC(C)C)c1=O)CC(=O)O2. The van der Waals surface area contributed by atoms with Gasteiger partial charge in [-0.15, -0.1) is 0 Å². The van der Waals surface area contributed by atoms with Crippen molar-refractivity contribution in [3.8, 4) is 11.5 Å². The monoisotopic (exact) mass is 498 g/mol. The van der Waals surface area contributed by atoms with E-state index >= 15 is 0 Å². The standard InChI is InChI=1S/C30H30N2O5/c1-18(2)17-32-25-7-5-4-6-21(25)15-24(29(32)35)23-16-27(34)37-26-14-19(3)31(30(36)28(23)26)13-12-20-8-10-22(33)11-9-20/h4-11,14-15,18,23,33H,12-13,16-17H2,1-3H3. The molecule has 0 fully saturated rings. The molecule has 5 rings (SSSR count). The Hall–Kier alpha value is -4.13. The molecule has 2 aromatic carbocycles. The van der Waals surface area contributed by atoms with Gasteiger partial charge in [-0.05, 0) is 54.5 Å². The normalized spacial score (nSPS) is 15.1. The number of phenolic OH excluding ortho intramolecular Hbond substituents is 1. The van der Waals surface area contributed by atoms with Crippen LogP contribution in [-0.2, 0) is 24.3 Å². The van der Waals surface area contributed by atoms with Gasteiger partial charge < -0.3 is 19.0 Å². The summed E-state index contributed by atoms with van der Waals surface area (Å²) in [6.07, 6.45) is 0.514. The van der Waals surface area contributed by atoms with Crippen LogP contribution < -0.4 is 15.9 Å². The molecule has 3 heterocycles. The van der Waals surface area contributed by atoms with Crippen molar-refractivity contribution < 1.29 is 14.6 Å². The minimum Gasteiger partial charge on any atom is -0.508 e. The fraction of sp³-hybridized carbons (Fsp3) is 0.300. The molecule has 0 bridgehead atoms. The molecule has 0 spiro atoms. The first-order valence-corrected chi connectivity index (χ1v) is 12.6. The van der Waals surface area contributed by atoms with E-state index in [4.69, 9.17) is 4.74 Å². The first-order chi connectivity index (χ1) is 17.7. The van der Waals surface area contributed by atoms with E-state index in [-0.39, 0.29) is 35.0 Å². The topological polar surface area (TPSA) is 90.5 Å². The van der Waals surface area contributed by atoms with E-state index in [1.165, 1.54) is 0 Å². The number of hydrogen-bond acceptors (Lipinski definition) is 5. The number of aromatic hydroxyl groups is 1. The average molecular weight is 499 g/mol. The summed E-state index contributed by atoms with van der Waals surface area (Å²) in [5.74, 6) is -0.498. The second-order valence-electron chi connectivity index (χ2n) is 10.1. The molecule has 2 aromatic heterocycles. The zero-order valence-electron chi connectivity index (χ0n) is 21.2. The first-order valence-electron chi connectivity index (χ1n) is 12.6. The quantitative estimate of drug-likeness (QED) is 0.395. The van der Waals surface area contributed by atoms with Gasteiger partial charge in [-0.25, -0.2) is 0 Å². The molecular formula is C30H30N2O5. The third-order valence-electron chi connectivity index (χ3n) is 6.96. The summed E-state index contributed by atoms with van der Waals surface area (Å²) in [4.78, 5) is 40.3. The van der Waals surface area contributed by atoms with Crippen LogP contribution in [0.15, 0.2) is 70.3 Å². The molecular weight excluding hydrogens is 468 g/mol. The summed E-state index contributed by atoms with van der Waals surface area (Å²) < 4.78 is 8.94. The van der Waals surface area contributed by atoms with Crippen molar-refractivity contribution in [3.63, 3.8) is 0 Å². The van der Waals surface area contributed by atoms with Crippen molar-refractivity contribution in [1.82, 2.24) is 9.13 Å². The molecule has 4 aromatic rings. The molecule has 0 amide bonds. The van der Waals surface area contributed by atoms with Gasteiger partial charge in [0.2, 0.25) is 0 Å².